The number of hydrogen-bond donors (Lipinski definition) is 1. The Hall–Kier alpha value is -1.69. The van der Waals surface area contributed by atoms with Crippen molar-refractivity contribution in [3.8, 4) is 0 Å². The molecule has 0 radical (unpaired) electrons. The molecule has 0 saturated carbocycles. The average Bonchev–Trinajstić information content (AvgIpc) is 2.68. The molecular formula is C13H22N6. The molecule has 0 bridgehead atoms. The van der Waals surface area contributed by atoms with Crippen LogP contribution in [0, 0.1) is 6.92 Å². The third-order valence-electron chi connectivity index (χ3n) is 3.03. The van der Waals surface area contributed by atoms with Crippen molar-refractivity contribution < 1.29 is 0 Å². The van der Waals surface area contributed by atoms with E-state index in [1.165, 1.54) is 0 Å². The Kier molecular flexibility index (Phi) is 4.31. The predicted octanol–water partition coefficient (Wildman–Crippen LogP) is 1.36. The van der Waals surface area contributed by atoms with Crippen molar-refractivity contribution in [1.82, 2.24) is 24.5 Å². The zero-order valence-corrected chi connectivity index (χ0v) is 12.1. The number of fused-ring (bicyclic) bond motifs is 1. The largest absolute Gasteiger partial charge is 0.353 e. The lowest BCUT2D eigenvalue weighted by Crippen LogP contribution is -2.22. The molecule has 6 heteroatoms. The zero-order valence-electron chi connectivity index (χ0n) is 12.1. The molecule has 2 aromatic heterocycles. The fraction of sp³-hybridized carbons (Fsp3) is 0.615. The number of aryl methyl sites for hydroxylation is 2. The molecule has 0 atom stereocenters. The number of nitrogens with one attached hydrogen (secondary N) is 1. The lowest BCUT2D eigenvalue weighted by molar-refractivity contribution is 0.424. The Bertz CT molecular complexity index is 545. The fourth-order valence-electron chi connectivity index (χ4n) is 2.07. The van der Waals surface area contributed by atoms with Gasteiger partial charge < -0.3 is 10.2 Å². The number of anilines is 1. The van der Waals surface area contributed by atoms with Crippen LogP contribution in [0.5, 0.6) is 0 Å². The normalized spacial score (nSPS) is 11.4. The van der Waals surface area contributed by atoms with Gasteiger partial charge in [0.2, 0.25) is 5.95 Å². The number of nitrogens with zero attached hydrogens (tertiary/aromatic N) is 5. The van der Waals surface area contributed by atoms with E-state index in [2.05, 4.69) is 50.8 Å². The molecule has 2 rings (SSSR count). The van der Waals surface area contributed by atoms with Crippen LogP contribution in [-0.2, 0) is 6.42 Å². The van der Waals surface area contributed by atoms with Crippen LogP contribution >= 0.6 is 0 Å². The molecule has 2 aromatic rings. The summed E-state index contributed by atoms with van der Waals surface area (Å²) in [4.78, 5) is 6.75. The smallest absolute Gasteiger partial charge is 0.229 e. The third kappa shape index (κ3) is 3.01. The highest BCUT2D eigenvalue weighted by atomic mass is 15.3. The minimum Gasteiger partial charge on any atom is -0.353 e. The summed E-state index contributed by atoms with van der Waals surface area (Å²) in [6, 6.07) is 0. The van der Waals surface area contributed by atoms with Crippen molar-refractivity contribution in [2.45, 2.75) is 26.7 Å². The molecule has 0 saturated heterocycles. The Balaban J connectivity index is 2.31. The average molecular weight is 262 g/mol. The first-order chi connectivity index (χ1) is 9.13. The molecule has 0 aliphatic carbocycles. The first kappa shape index (κ1) is 13.7. The van der Waals surface area contributed by atoms with Gasteiger partial charge in [0.25, 0.3) is 0 Å². The summed E-state index contributed by atoms with van der Waals surface area (Å²) in [7, 11) is 4.11. The van der Waals surface area contributed by atoms with E-state index in [1.54, 1.807) is 6.20 Å². The Morgan fingerprint density at radius 1 is 1.37 bits per heavy atom. The van der Waals surface area contributed by atoms with Crippen molar-refractivity contribution in [1.29, 1.82) is 0 Å². The fourth-order valence-corrected chi connectivity index (χ4v) is 2.07. The van der Waals surface area contributed by atoms with Crippen molar-refractivity contribution >= 4 is 11.5 Å². The van der Waals surface area contributed by atoms with Gasteiger partial charge in [-0.2, -0.15) is 5.10 Å². The maximum atomic E-state index is 4.62. The topological polar surface area (TPSA) is 58.4 Å². The van der Waals surface area contributed by atoms with Gasteiger partial charge in [-0.3, -0.25) is 4.40 Å². The summed E-state index contributed by atoms with van der Waals surface area (Å²) in [5, 5.41) is 11.6. The molecule has 0 spiro atoms. The van der Waals surface area contributed by atoms with E-state index in [-0.39, 0.29) is 0 Å². The SMILES string of the molecule is CCCc1nc(C)c2cnnc(NCCN(C)C)n12. The molecule has 6 nitrogen and oxygen atoms in total. The van der Waals surface area contributed by atoms with Gasteiger partial charge >= 0.3 is 0 Å². The van der Waals surface area contributed by atoms with E-state index in [4.69, 9.17) is 0 Å². The second kappa shape index (κ2) is 5.97. The van der Waals surface area contributed by atoms with Crippen molar-refractivity contribution in [3.63, 3.8) is 0 Å². The van der Waals surface area contributed by atoms with Crippen LogP contribution in [0.25, 0.3) is 5.52 Å². The zero-order chi connectivity index (χ0) is 13.8. The van der Waals surface area contributed by atoms with E-state index < -0.39 is 0 Å². The molecule has 0 aliphatic heterocycles. The first-order valence-corrected chi connectivity index (χ1v) is 6.71. The molecule has 0 fully saturated rings. The van der Waals surface area contributed by atoms with Gasteiger partial charge in [0.1, 0.15) is 5.82 Å². The summed E-state index contributed by atoms with van der Waals surface area (Å²) in [5.41, 5.74) is 2.04. The van der Waals surface area contributed by atoms with Crippen LogP contribution in [0.2, 0.25) is 0 Å². The van der Waals surface area contributed by atoms with Gasteiger partial charge in [0, 0.05) is 19.5 Å². The van der Waals surface area contributed by atoms with Crippen LogP contribution in [-0.4, -0.2) is 51.7 Å². The van der Waals surface area contributed by atoms with Crippen molar-refractivity contribution in [2.75, 3.05) is 32.5 Å². The maximum Gasteiger partial charge on any atom is 0.229 e. The van der Waals surface area contributed by atoms with Crippen LogP contribution < -0.4 is 5.32 Å². The minimum atomic E-state index is 0.781. The summed E-state index contributed by atoms with van der Waals surface area (Å²) < 4.78 is 2.08. The van der Waals surface area contributed by atoms with Crippen molar-refractivity contribution in [2.24, 2.45) is 0 Å². The standard InChI is InChI=1S/C13H22N6/c1-5-6-12-16-10(2)11-9-15-17-13(19(11)12)14-7-8-18(3)4/h9H,5-8H2,1-4H3,(H,14,17). The van der Waals surface area contributed by atoms with Crippen LogP contribution in [0.1, 0.15) is 24.9 Å². The number of rotatable bonds is 6. The van der Waals surface area contributed by atoms with Gasteiger partial charge in [-0.05, 0) is 27.4 Å². The van der Waals surface area contributed by atoms with Crippen molar-refractivity contribution in [3.05, 3.63) is 17.7 Å². The summed E-state index contributed by atoms with van der Waals surface area (Å²) in [6.45, 7) is 5.96. The van der Waals surface area contributed by atoms with Crippen LogP contribution in [0.15, 0.2) is 6.20 Å². The predicted molar refractivity (Wildman–Crippen MR) is 76.6 cm³/mol. The highest BCUT2D eigenvalue weighted by molar-refractivity contribution is 5.54. The van der Waals surface area contributed by atoms with Gasteiger partial charge in [0.15, 0.2) is 0 Å². The first-order valence-electron chi connectivity index (χ1n) is 6.71. The molecule has 1 N–H and O–H groups in total. The Morgan fingerprint density at radius 3 is 2.84 bits per heavy atom. The molecule has 0 aromatic carbocycles. The number of aromatic nitrogens is 4. The van der Waals surface area contributed by atoms with Gasteiger partial charge in [-0.15, -0.1) is 5.10 Å². The van der Waals surface area contributed by atoms with E-state index in [0.29, 0.717) is 0 Å². The molecule has 0 amide bonds. The summed E-state index contributed by atoms with van der Waals surface area (Å²) >= 11 is 0. The van der Waals surface area contributed by atoms with Gasteiger partial charge in [-0.1, -0.05) is 6.92 Å². The van der Waals surface area contributed by atoms with Gasteiger partial charge in [-0.25, -0.2) is 4.98 Å². The summed E-state index contributed by atoms with van der Waals surface area (Å²) in [6.07, 6.45) is 3.79. The van der Waals surface area contributed by atoms with Crippen LogP contribution in [0.3, 0.4) is 0 Å². The van der Waals surface area contributed by atoms with E-state index in [0.717, 1.165) is 48.9 Å². The Labute approximate surface area is 113 Å². The van der Waals surface area contributed by atoms with E-state index in [1.807, 2.05) is 6.92 Å². The Morgan fingerprint density at radius 2 is 2.16 bits per heavy atom. The summed E-state index contributed by atoms with van der Waals surface area (Å²) in [5.74, 6) is 1.83. The molecule has 0 aliphatic rings. The minimum absolute atomic E-state index is 0.781. The lowest BCUT2D eigenvalue weighted by atomic mass is 10.3. The van der Waals surface area contributed by atoms with E-state index >= 15 is 0 Å². The number of imidazole rings is 1. The number of hydrogen-bond acceptors (Lipinski definition) is 5. The van der Waals surface area contributed by atoms with E-state index in [9.17, 15) is 0 Å². The highest BCUT2D eigenvalue weighted by Gasteiger charge is 2.12. The lowest BCUT2D eigenvalue weighted by Gasteiger charge is -2.12. The maximum absolute atomic E-state index is 4.62. The second-order valence-corrected chi connectivity index (χ2v) is 4.98. The van der Waals surface area contributed by atoms with Crippen LogP contribution in [0.4, 0.5) is 5.95 Å². The monoisotopic (exact) mass is 262 g/mol. The molecule has 19 heavy (non-hydrogen) atoms. The molecular weight excluding hydrogens is 240 g/mol. The quantitative estimate of drug-likeness (QED) is 0.852. The molecule has 0 unspecified atom stereocenters. The highest BCUT2D eigenvalue weighted by Crippen LogP contribution is 2.16. The molecule has 2 heterocycles. The number of likely N-dealkylation sites (N-methyl/N-ethyl adjacent to an activating group) is 1. The second-order valence-electron chi connectivity index (χ2n) is 4.98. The molecule has 104 valence electrons. The van der Waals surface area contributed by atoms with Gasteiger partial charge in [0.05, 0.1) is 17.4 Å². The third-order valence-corrected chi connectivity index (χ3v) is 3.03.